The van der Waals surface area contributed by atoms with Crippen LogP contribution in [0, 0.1) is 0 Å². The Morgan fingerprint density at radius 1 is 1.54 bits per heavy atom. The highest BCUT2D eigenvalue weighted by atomic mass is 16.5. The maximum Gasteiger partial charge on any atom is 0.324 e. The fraction of sp³-hybridized carbons (Fsp3) is 0.889. The molecule has 0 spiro atoms. The smallest absolute Gasteiger partial charge is 0.324 e. The largest absolute Gasteiger partial charge is 0.465 e. The van der Waals surface area contributed by atoms with Crippen molar-refractivity contribution in [3.63, 3.8) is 0 Å². The second-order valence-electron chi connectivity index (χ2n) is 3.69. The lowest BCUT2D eigenvalue weighted by Gasteiger charge is -2.29. The number of rotatable bonds is 2. The lowest BCUT2D eigenvalue weighted by molar-refractivity contribution is -0.146. The summed E-state index contributed by atoms with van der Waals surface area (Å²) in [6, 6.07) is 0.729. The van der Waals surface area contributed by atoms with Gasteiger partial charge in [-0.2, -0.15) is 0 Å². The third kappa shape index (κ3) is 1.69. The molecule has 2 heterocycles. The molecule has 2 rings (SSSR count). The van der Waals surface area contributed by atoms with Crippen molar-refractivity contribution in [3.8, 4) is 0 Å². The molecule has 2 aliphatic heterocycles. The van der Waals surface area contributed by atoms with Crippen molar-refractivity contribution in [3.05, 3.63) is 0 Å². The number of ether oxygens (including phenoxy) is 1. The number of hydrogen-bond donors (Lipinski definition) is 2. The first-order valence-electron chi connectivity index (χ1n) is 4.97. The summed E-state index contributed by atoms with van der Waals surface area (Å²) in [5.41, 5.74) is 0. The Labute approximate surface area is 78.0 Å². The van der Waals surface area contributed by atoms with Gasteiger partial charge in [-0.25, -0.2) is 0 Å². The Kier molecular flexibility index (Phi) is 2.51. The van der Waals surface area contributed by atoms with Gasteiger partial charge < -0.3 is 15.4 Å². The highest BCUT2D eigenvalue weighted by Gasteiger charge is 2.39. The third-order valence-electron chi connectivity index (χ3n) is 2.80. The van der Waals surface area contributed by atoms with Gasteiger partial charge in [0.05, 0.1) is 6.61 Å². The van der Waals surface area contributed by atoms with Crippen LogP contribution < -0.4 is 10.6 Å². The van der Waals surface area contributed by atoms with Crippen molar-refractivity contribution >= 4 is 5.97 Å². The average Bonchev–Trinajstić information content (AvgIpc) is 2.48. The summed E-state index contributed by atoms with van der Waals surface area (Å²) < 4.78 is 4.99. The van der Waals surface area contributed by atoms with Gasteiger partial charge in [-0.3, -0.25) is 4.79 Å². The minimum Gasteiger partial charge on any atom is -0.465 e. The summed E-state index contributed by atoms with van der Waals surface area (Å²) in [5.74, 6) is -0.111. The first-order valence-corrected chi connectivity index (χ1v) is 4.97. The zero-order chi connectivity index (χ0) is 9.26. The lowest BCUT2D eigenvalue weighted by atomic mass is 10.1. The molecule has 3 atom stereocenters. The number of carbonyl (C=O) groups is 1. The Hall–Kier alpha value is -0.610. The molecule has 0 aromatic carbocycles. The van der Waals surface area contributed by atoms with E-state index in [1.165, 1.54) is 6.42 Å². The molecule has 0 aliphatic carbocycles. The van der Waals surface area contributed by atoms with Crippen LogP contribution in [0.15, 0.2) is 0 Å². The number of carbonyl (C=O) groups excluding carboxylic acids is 1. The molecule has 13 heavy (non-hydrogen) atoms. The van der Waals surface area contributed by atoms with Crippen LogP contribution in [0.25, 0.3) is 0 Å². The van der Waals surface area contributed by atoms with E-state index in [-0.39, 0.29) is 18.1 Å². The predicted molar refractivity (Wildman–Crippen MR) is 48.4 cm³/mol. The lowest BCUT2D eigenvalue weighted by Crippen LogP contribution is -2.59. The van der Waals surface area contributed by atoms with E-state index in [0.717, 1.165) is 13.0 Å². The Morgan fingerprint density at radius 3 is 3.15 bits per heavy atom. The van der Waals surface area contributed by atoms with Crippen molar-refractivity contribution in [1.29, 1.82) is 0 Å². The SMILES string of the molecule is CCOC(=O)[C@@H]1NC[C@@H]2CC[C@H]1N2. The molecule has 4 heteroatoms. The quantitative estimate of drug-likeness (QED) is 0.576. The standard InChI is InChI=1S/C9H16N2O2/c1-2-13-9(12)8-7-4-3-6(11-7)5-10-8/h6-8,10-11H,2-5H2,1H3/t6-,7+,8+/m0/s1. The zero-order valence-electron chi connectivity index (χ0n) is 7.88. The van der Waals surface area contributed by atoms with Crippen LogP contribution in [-0.4, -0.2) is 37.2 Å². The first-order chi connectivity index (χ1) is 6.31. The number of piperazine rings is 1. The van der Waals surface area contributed by atoms with E-state index in [4.69, 9.17) is 4.74 Å². The first kappa shape index (κ1) is 8.97. The van der Waals surface area contributed by atoms with Gasteiger partial charge >= 0.3 is 5.97 Å². The Morgan fingerprint density at radius 2 is 2.38 bits per heavy atom. The predicted octanol–water partition coefficient (Wildman–Crippen LogP) is -0.358. The van der Waals surface area contributed by atoms with Gasteiger partial charge in [0.15, 0.2) is 0 Å². The van der Waals surface area contributed by atoms with Crippen molar-refractivity contribution in [1.82, 2.24) is 10.6 Å². The fourth-order valence-corrected chi connectivity index (χ4v) is 2.17. The molecule has 2 saturated heterocycles. The van der Waals surface area contributed by atoms with Crippen molar-refractivity contribution < 1.29 is 9.53 Å². The summed E-state index contributed by atoms with van der Waals surface area (Å²) in [5, 5.41) is 6.65. The number of fused-ring (bicyclic) bond motifs is 2. The molecule has 0 aromatic heterocycles. The van der Waals surface area contributed by atoms with Gasteiger partial charge in [0.1, 0.15) is 6.04 Å². The molecule has 0 amide bonds. The van der Waals surface area contributed by atoms with Crippen LogP contribution in [0.5, 0.6) is 0 Å². The molecule has 2 N–H and O–H groups in total. The van der Waals surface area contributed by atoms with Gasteiger partial charge in [-0.15, -0.1) is 0 Å². The fourth-order valence-electron chi connectivity index (χ4n) is 2.17. The van der Waals surface area contributed by atoms with Gasteiger partial charge in [-0.05, 0) is 19.8 Å². The average molecular weight is 184 g/mol. The highest BCUT2D eigenvalue weighted by Crippen LogP contribution is 2.19. The van der Waals surface area contributed by atoms with Gasteiger partial charge in [0.25, 0.3) is 0 Å². The minimum atomic E-state index is -0.126. The number of hydrogen-bond acceptors (Lipinski definition) is 4. The molecular formula is C9H16N2O2. The van der Waals surface area contributed by atoms with Crippen LogP contribution >= 0.6 is 0 Å². The Balaban J connectivity index is 1.95. The van der Waals surface area contributed by atoms with E-state index in [0.29, 0.717) is 12.6 Å². The summed E-state index contributed by atoms with van der Waals surface area (Å²) in [7, 11) is 0. The number of nitrogens with one attached hydrogen (secondary N) is 2. The van der Waals surface area contributed by atoms with Gasteiger partial charge in [0.2, 0.25) is 0 Å². The highest BCUT2D eigenvalue weighted by molar-refractivity contribution is 5.77. The molecule has 0 saturated carbocycles. The van der Waals surface area contributed by atoms with E-state index < -0.39 is 0 Å². The molecule has 2 bridgehead atoms. The summed E-state index contributed by atoms with van der Waals surface area (Å²) in [6.45, 7) is 3.19. The summed E-state index contributed by atoms with van der Waals surface area (Å²) >= 11 is 0. The molecule has 2 aliphatic rings. The van der Waals surface area contributed by atoms with Crippen LogP contribution in [0.1, 0.15) is 19.8 Å². The second kappa shape index (κ2) is 3.64. The molecular weight excluding hydrogens is 168 g/mol. The molecule has 0 radical (unpaired) electrons. The van der Waals surface area contributed by atoms with E-state index in [2.05, 4.69) is 10.6 Å². The third-order valence-corrected chi connectivity index (χ3v) is 2.80. The normalized spacial score (nSPS) is 37.5. The minimum absolute atomic E-state index is 0.111. The van der Waals surface area contributed by atoms with Crippen molar-refractivity contribution in [2.24, 2.45) is 0 Å². The molecule has 0 unspecified atom stereocenters. The maximum atomic E-state index is 11.5. The monoisotopic (exact) mass is 184 g/mol. The van der Waals surface area contributed by atoms with Crippen LogP contribution in [0.3, 0.4) is 0 Å². The van der Waals surface area contributed by atoms with Crippen LogP contribution in [-0.2, 0) is 9.53 Å². The van der Waals surface area contributed by atoms with E-state index in [9.17, 15) is 4.79 Å². The van der Waals surface area contributed by atoms with E-state index in [1.807, 2.05) is 6.92 Å². The summed E-state index contributed by atoms with van der Waals surface area (Å²) in [4.78, 5) is 11.5. The molecule has 74 valence electrons. The number of esters is 1. The van der Waals surface area contributed by atoms with E-state index >= 15 is 0 Å². The van der Waals surface area contributed by atoms with Crippen molar-refractivity contribution in [2.45, 2.75) is 37.9 Å². The molecule has 0 aromatic rings. The maximum absolute atomic E-state index is 11.5. The molecule has 4 nitrogen and oxygen atoms in total. The Bertz CT molecular complexity index is 208. The summed E-state index contributed by atoms with van der Waals surface area (Å²) in [6.07, 6.45) is 2.26. The van der Waals surface area contributed by atoms with Crippen molar-refractivity contribution in [2.75, 3.05) is 13.2 Å². The topological polar surface area (TPSA) is 50.4 Å². The van der Waals surface area contributed by atoms with E-state index in [1.54, 1.807) is 0 Å². The second-order valence-corrected chi connectivity index (χ2v) is 3.69. The molecule has 2 fully saturated rings. The van der Waals surface area contributed by atoms with Crippen LogP contribution in [0.2, 0.25) is 0 Å². The van der Waals surface area contributed by atoms with Gasteiger partial charge in [0, 0.05) is 18.6 Å². The zero-order valence-corrected chi connectivity index (χ0v) is 7.88. The van der Waals surface area contributed by atoms with Crippen LogP contribution in [0.4, 0.5) is 0 Å². The van der Waals surface area contributed by atoms with Gasteiger partial charge in [-0.1, -0.05) is 0 Å².